The van der Waals surface area contributed by atoms with Crippen LogP contribution < -0.4 is 5.56 Å². The van der Waals surface area contributed by atoms with Gasteiger partial charge < -0.3 is 4.57 Å². The first kappa shape index (κ1) is 11.7. The maximum atomic E-state index is 11.7. The molecule has 0 aliphatic heterocycles. The zero-order chi connectivity index (χ0) is 12.8. The van der Waals surface area contributed by atoms with Gasteiger partial charge >= 0.3 is 0 Å². The van der Waals surface area contributed by atoms with Crippen LogP contribution in [0, 0.1) is 23.2 Å². The van der Waals surface area contributed by atoms with Gasteiger partial charge in [0.15, 0.2) is 0 Å². The molecule has 0 amide bonds. The van der Waals surface area contributed by atoms with Crippen LogP contribution in [0.4, 0.5) is 0 Å². The highest BCUT2D eigenvalue weighted by Gasteiger charge is 1.99. The van der Waals surface area contributed by atoms with E-state index >= 15 is 0 Å². The third-order valence-electron chi connectivity index (χ3n) is 2.40. The SMILES string of the molecule is N#Cc1cccn(CC#Cc2ccccc2)c1=O. The summed E-state index contributed by atoms with van der Waals surface area (Å²) >= 11 is 0. The number of hydrogen-bond acceptors (Lipinski definition) is 2. The molecule has 1 aromatic carbocycles. The van der Waals surface area contributed by atoms with Crippen molar-refractivity contribution in [2.75, 3.05) is 0 Å². The van der Waals surface area contributed by atoms with Crippen molar-refractivity contribution in [3.63, 3.8) is 0 Å². The van der Waals surface area contributed by atoms with Gasteiger partial charge in [-0.25, -0.2) is 0 Å². The van der Waals surface area contributed by atoms with Crippen LogP contribution in [0.2, 0.25) is 0 Å². The molecule has 0 unspecified atom stereocenters. The largest absolute Gasteiger partial charge is 0.303 e. The molecule has 2 rings (SSSR count). The lowest BCUT2D eigenvalue weighted by molar-refractivity contribution is 0.792. The van der Waals surface area contributed by atoms with Crippen molar-refractivity contribution in [3.8, 4) is 17.9 Å². The first-order chi connectivity index (χ1) is 8.81. The van der Waals surface area contributed by atoms with E-state index in [1.807, 2.05) is 36.4 Å². The summed E-state index contributed by atoms with van der Waals surface area (Å²) in [6.07, 6.45) is 1.63. The fraction of sp³-hybridized carbons (Fsp3) is 0.0667. The zero-order valence-electron chi connectivity index (χ0n) is 9.63. The van der Waals surface area contributed by atoms with Crippen LogP contribution in [0.25, 0.3) is 0 Å². The van der Waals surface area contributed by atoms with Crippen molar-refractivity contribution < 1.29 is 0 Å². The predicted octanol–water partition coefficient (Wildman–Crippen LogP) is 1.77. The Morgan fingerprint density at radius 3 is 2.61 bits per heavy atom. The van der Waals surface area contributed by atoms with Crippen LogP contribution in [-0.4, -0.2) is 4.57 Å². The van der Waals surface area contributed by atoms with Crippen LogP contribution >= 0.6 is 0 Å². The maximum absolute atomic E-state index is 11.7. The van der Waals surface area contributed by atoms with Gasteiger partial charge in [-0.05, 0) is 24.3 Å². The van der Waals surface area contributed by atoms with Crippen molar-refractivity contribution >= 4 is 0 Å². The smallest absolute Gasteiger partial charge is 0.269 e. The van der Waals surface area contributed by atoms with Gasteiger partial charge in [-0.3, -0.25) is 4.79 Å². The maximum Gasteiger partial charge on any atom is 0.269 e. The van der Waals surface area contributed by atoms with Crippen LogP contribution in [0.3, 0.4) is 0 Å². The van der Waals surface area contributed by atoms with Crippen molar-refractivity contribution in [1.82, 2.24) is 4.57 Å². The third kappa shape index (κ3) is 2.66. The Balaban J connectivity index is 2.20. The number of rotatable bonds is 1. The molecule has 0 radical (unpaired) electrons. The molecule has 1 heterocycles. The summed E-state index contributed by atoms with van der Waals surface area (Å²) in [5, 5.41) is 8.75. The Hall–Kier alpha value is -2.78. The van der Waals surface area contributed by atoms with Crippen LogP contribution in [-0.2, 0) is 6.54 Å². The van der Waals surface area contributed by atoms with E-state index < -0.39 is 0 Å². The van der Waals surface area contributed by atoms with Crippen molar-refractivity contribution in [3.05, 3.63) is 70.1 Å². The Kier molecular flexibility index (Phi) is 3.59. The number of benzene rings is 1. The minimum absolute atomic E-state index is 0.138. The molecule has 0 bridgehead atoms. The number of hydrogen-bond donors (Lipinski definition) is 0. The fourth-order valence-corrected chi connectivity index (χ4v) is 1.49. The predicted molar refractivity (Wildman–Crippen MR) is 68.7 cm³/mol. The molecule has 0 aliphatic carbocycles. The second kappa shape index (κ2) is 5.52. The van der Waals surface area contributed by atoms with E-state index in [-0.39, 0.29) is 17.7 Å². The van der Waals surface area contributed by atoms with E-state index in [0.29, 0.717) is 0 Å². The van der Waals surface area contributed by atoms with Gasteiger partial charge in [0.05, 0.1) is 6.54 Å². The lowest BCUT2D eigenvalue weighted by atomic mass is 10.2. The van der Waals surface area contributed by atoms with E-state index in [1.165, 1.54) is 10.6 Å². The number of aromatic nitrogens is 1. The molecule has 0 saturated carbocycles. The Labute approximate surface area is 105 Å². The van der Waals surface area contributed by atoms with Gasteiger partial charge in [0, 0.05) is 11.8 Å². The summed E-state index contributed by atoms with van der Waals surface area (Å²) in [4.78, 5) is 11.7. The van der Waals surface area contributed by atoms with E-state index in [0.717, 1.165) is 5.56 Å². The first-order valence-corrected chi connectivity index (χ1v) is 5.45. The van der Waals surface area contributed by atoms with Gasteiger partial charge in [-0.15, -0.1) is 0 Å². The van der Waals surface area contributed by atoms with E-state index in [4.69, 9.17) is 5.26 Å². The molecular formula is C15H10N2O. The average molecular weight is 234 g/mol. The summed E-state index contributed by atoms with van der Waals surface area (Å²) in [7, 11) is 0. The molecule has 0 saturated heterocycles. The van der Waals surface area contributed by atoms with Crippen molar-refractivity contribution in [2.24, 2.45) is 0 Å². The summed E-state index contributed by atoms with van der Waals surface area (Å²) in [5.74, 6) is 5.88. The molecular weight excluding hydrogens is 224 g/mol. The second-order valence-corrected chi connectivity index (χ2v) is 3.63. The summed E-state index contributed by atoms with van der Waals surface area (Å²) in [6.45, 7) is 0.281. The van der Waals surface area contributed by atoms with Gasteiger partial charge in [0.25, 0.3) is 5.56 Å². The molecule has 0 fully saturated rings. The van der Waals surface area contributed by atoms with Crippen molar-refractivity contribution in [2.45, 2.75) is 6.54 Å². The average Bonchev–Trinajstić information content (AvgIpc) is 2.42. The Morgan fingerprint density at radius 2 is 1.89 bits per heavy atom. The topological polar surface area (TPSA) is 45.8 Å². The van der Waals surface area contributed by atoms with Crippen LogP contribution in [0.15, 0.2) is 53.5 Å². The summed E-state index contributed by atoms with van der Waals surface area (Å²) in [6, 6.07) is 14.6. The molecule has 3 heteroatoms. The van der Waals surface area contributed by atoms with Gasteiger partial charge in [-0.2, -0.15) is 5.26 Å². The number of nitrogens with zero attached hydrogens (tertiary/aromatic N) is 2. The van der Waals surface area contributed by atoms with Gasteiger partial charge in [0.1, 0.15) is 11.6 Å². The lowest BCUT2D eigenvalue weighted by Gasteiger charge is -1.99. The highest BCUT2D eigenvalue weighted by Crippen LogP contribution is 1.95. The van der Waals surface area contributed by atoms with Crippen LogP contribution in [0.1, 0.15) is 11.1 Å². The minimum Gasteiger partial charge on any atom is -0.303 e. The quantitative estimate of drug-likeness (QED) is 0.706. The molecule has 86 valence electrons. The molecule has 0 N–H and O–H groups in total. The molecule has 2 aromatic rings. The summed E-state index contributed by atoms with van der Waals surface area (Å²) in [5.41, 5.74) is 0.739. The molecule has 0 aliphatic rings. The summed E-state index contributed by atoms with van der Waals surface area (Å²) < 4.78 is 1.43. The van der Waals surface area contributed by atoms with Gasteiger partial charge in [0.2, 0.25) is 0 Å². The van der Waals surface area contributed by atoms with E-state index in [2.05, 4.69) is 11.8 Å². The number of pyridine rings is 1. The van der Waals surface area contributed by atoms with E-state index in [1.54, 1.807) is 12.3 Å². The Morgan fingerprint density at radius 1 is 1.11 bits per heavy atom. The van der Waals surface area contributed by atoms with E-state index in [9.17, 15) is 4.79 Å². The molecule has 3 nitrogen and oxygen atoms in total. The molecule has 18 heavy (non-hydrogen) atoms. The highest BCUT2D eigenvalue weighted by atomic mass is 16.1. The molecule has 0 atom stereocenters. The molecule has 0 spiro atoms. The fourth-order valence-electron chi connectivity index (χ4n) is 1.49. The molecule has 1 aromatic heterocycles. The lowest BCUT2D eigenvalue weighted by Crippen LogP contribution is -2.21. The normalized spacial score (nSPS) is 9.06. The van der Waals surface area contributed by atoms with Gasteiger partial charge in [-0.1, -0.05) is 30.0 Å². The highest BCUT2D eigenvalue weighted by molar-refractivity contribution is 5.33. The zero-order valence-corrected chi connectivity index (χ0v) is 9.63. The standard InChI is InChI=1S/C15H10N2O/c16-12-14-9-5-11-17(15(14)18)10-4-8-13-6-2-1-3-7-13/h1-3,5-7,9,11H,10H2. The minimum atomic E-state index is -0.303. The van der Waals surface area contributed by atoms with Crippen LogP contribution in [0.5, 0.6) is 0 Å². The van der Waals surface area contributed by atoms with Crippen molar-refractivity contribution in [1.29, 1.82) is 5.26 Å². The second-order valence-electron chi connectivity index (χ2n) is 3.63. The first-order valence-electron chi connectivity index (χ1n) is 5.45. The third-order valence-corrected chi connectivity index (χ3v) is 2.40. The number of nitriles is 1. The monoisotopic (exact) mass is 234 g/mol. The Bertz CT molecular complexity index is 697.